The molecule has 7 heteroatoms. The molecule has 0 saturated heterocycles. The van der Waals surface area contributed by atoms with Gasteiger partial charge in [0.2, 0.25) is 0 Å². The van der Waals surface area contributed by atoms with Gasteiger partial charge in [-0.15, -0.1) is 0 Å². The summed E-state index contributed by atoms with van der Waals surface area (Å²) in [5, 5.41) is 5.54. The lowest BCUT2D eigenvalue weighted by Crippen LogP contribution is -2.52. The molecule has 0 saturated carbocycles. The molecule has 2 amide bonds. The summed E-state index contributed by atoms with van der Waals surface area (Å²) in [6.07, 6.45) is 1.96. The summed E-state index contributed by atoms with van der Waals surface area (Å²) >= 11 is 0. The summed E-state index contributed by atoms with van der Waals surface area (Å²) in [5.41, 5.74) is -0.356. The van der Waals surface area contributed by atoms with Crippen LogP contribution in [0.3, 0.4) is 0 Å². The standard InChI is InChI=1S/C15H26N2O5/c1-10(2)11(16-14(20)17-15(3,4)5)9-22-13(19)8-7-12(18)21-6/h7-8,10-11H,9H2,1-6H3,(H2,16,17,20). The number of carbonyl (C=O) groups is 3. The summed E-state index contributed by atoms with van der Waals surface area (Å²) in [7, 11) is 1.21. The molecular weight excluding hydrogens is 288 g/mol. The fourth-order valence-corrected chi connectivity index (χ4v) is 1.37. The Morgan fingerprint density at radius 2 is 1.64 bits per heavy atom. The highest BCUT2D eigenvalue weighted by Gasteiger charge is 2.20. The molecule has 0 aromatic carbocycles. The first-order chi connectivity index (χ1) is 10.0. The zero-order valence-electron chi connectivity index (χ0n) is 14.1. The highest BCUT2D eigenvalue weighted by Crippen LogP contribution is 2.04. The Morgan fingerprint density at radius 1 is 1.09 bits per heavy atom. The molecule has 0 aromatic heterocycles. The highest BCUT2D eigenvalue weighted by atomic mass is 16.5. The zero-order chi connectivity index (χ0) is 17.3. The SMILES string of the molecule is COC(=O)C=CC(=O)OCC(NC(=O)NC(C)(C)C)C(C)C. The number of hydrogen-bond acceptors (Lipinski definition) is 5. The van der Waals surface area contributed by atoms with Crippen LogP contribution < -0.4 is 10.6 Å². The Hall–Kier alpha value is -2.05. The lowest BCUT2D eigenvalue weighted by molar-refractivity contribution is -0.140. The highest BCUT2D eigenvalue weighted by molar-refractivity contribution is 5.91. The van der Waals surface area contributed by atoms with Gasteiger partial charge >= 0.3 is 18.0 Å². The van der Waals surface area contributed by atoms with E-state index in [4.69, 9.17) is 4.74 Å². The minimum atomic E-state index is -0.672. The van der Waals surface area contributed by atoms with Crippen LogP contribution in [0.4, 0.5) is 4.79 Å². The van der Waals surface area contributed by atoms with E-state index >= 15 is 0 Å². The Kier molecular flexibility index (Phi) is 8.22. The summed E-state index contributed by atoms with van der Waals surface area (Å²) < 4.78 is 9.38. The van der Waals surface area contributed by atoms with Crippen LogP contribution in [0.2, 0.25) is 0 Å². The molecule has 126 valence electrons. The average Bonchev–Trinajstić information content (AvgIpc) is 2.38. The number of carbonyl (C=O) groups excluding carboxylic acids is 3. The van der Waals surface area contributed by atoms with Crippen LogP contribution in [0.5, 0.6) is 0 Å². The number of methoxy groups -OCH3 is 1. The van der Waals surface area contributed by atoms with Gasteiger partial charge in [-0.3, -0.25) is 0 Å². The molecule has 0 rings (SSSR count). The Bertz CT molecular complexity index is 424. The van der Waals surface area contributed by atoms with Gasteiger partial charge < -0.3 is 20.1 Å². The van der Waals surface area contributed by atoms with Crippen LogP contribution in [0.15, 0.2) is 12.2 Å². The van der Waals surface area contributed by atoms with Crippen molar-refractivity contribution in [3.63, 3.8) is 0 Å². The van der Waals surface area contributed by atoms with E-state index in [0.717, 1.165) is 12.2 Å². The van der Waals surface area contributed by atoms with E-state index < -0.39 is 11.9 Å². The van der Waals surface area contributed by atoms with Crippen molar-refractivity contribution >= 4 is 18.0 Å². The number of hydrogen-bond donors (Lipinski definition) is 2. The van der Waals surface area contributed by atoms with Crippen molar-refractivity contribution in [3.05, 3.63) is 12.2 Å². The largest absolute Gasteiger partial charge is 0.466 e. The summed E-state index contributed by atoms with van der Waals surface area (Å²) in [6.45, 7) is 9.43. The molecule has 0 radical (unpaired) electrons. The minimum Gasteiger partial charge on any atom is -0.466 e. The van der Waals surface area contributed by atoms with Gasteiger partial charge in [-0.1, -0.05) is 13.8 Å². The molecule has 2 N–H and O–H groups in total. The van der Waals surface area contributed by atoms with E-state index in [9.17, 15) is 14.4 Å². The van der Waals surface area contributed by atoms with Gasteiger partial charge in [0.1, 0.15) is 6.61 Å². The molecule has 0 aromatic rings. The smallest absolute Gasteiger partial charge is 0.331 e. The third kappa shape index (κ3) is 9.79. The molecule has 7 nitrogen and oxygen atoms in total. The second kappa shape index (κ2) is 9.07. The quantitative estimate of drug-likeness (QED) is 0.570. The molecule has 22 heavy (non-hydrogen) atoms. The van der Waals surface area contributed by atoms with Crippen LogP contribution in [-0.2, 0) is 19.1 Å². The van der Waals surface area contributed by atoms with E-state index in [-0.39, 0.29) is 30.1 Å². The lowest BCUT2D eigenvalue weighted by atomic mass is 10.1. The molecule has 1 atom stereocenters. The molecule has 0 bridgehead atoms. The van der Waals surface area contributed by atoms with Gasteiger partial charge in [-0.05, 0) is 26.7 Å². The van der Waals surface area contributed by atoms with E-state index in [2.05, 4.69) is 15.4 Å². The van der Waals surface area contributed by atoms with Gasteiger partial charge in [0.15, 0.2) is 0 Å². The molecule has 0 fully saturated rings. The number of ether oxygens (including phenoxy) is 2. The van der Waals surface area contributed by atoms with Crippen molar-refractivity contribution in [2.24, 2.45) is 5.92 Å². The predicted octanol–water partition coefficient (Wildman–Crippen LogP) is 1.38. The average molecular weight is 314 g/mol. The van der Waals surface area contributed by atoms with Gasteiger partial charge in [-0.25, -0.2) is 14.4 Å². The molecule has 0 aliphatic carbocycles. The summed E-state index contributed by atoms with van der Waals surface area (Å²) in [4.78, 5) is 34.2. The van der Waals surface area contributed by atoms with E-state index in [1.165, 1.54) is 7.11 Å². The van der Waals surface area contributed by atoms with Crippen LogP contribution in [0.25, 0.3) is 0 Å². The monoisotopic (exact) mass is 314 g/mol. The van der Waals surface area contributed by atoms with E-state index in [0.29, 0.717) is 0 Å². The number of amides is 2. The molecule has 0 aliphatic heterocycles. The number of urea groups is 1. The number of esters is 2. The van der Waals surface area contributed by atoms with Crippen molar-refractivity contribution in [1.29, 1.82) is 0 Å². The van der Waals surface area contributed by atoms with E-state index in [1.807, 2.05) is 34.6 Å². The Balaban J connectivity index is 4.42. The van der Waals surface area contributed by atoms with Crippen LogP contribution in [0.1, 0.15) is 34.6 Å². The third-order valence-corrected chi connectivity index (χ3v) is 2.57. The number of nitrogens with one attached hydrogen (secondary N) is 2. The minimum absolute atomic E-state index is 0.0135. The second-order valence-corrected chi connectivity index (χ2v) is 6.19. The van der Waals surface area contributed by atoms with Gasteiger partial charge in [-0.2, -0.15) is 0 Å². The van der Waals surface area contributed by atoms with Crippen molar-refractivity contribution < 1.29 is 23.9 Å². The molecule has 0 aliphatic rings. The maximum Gasteiger partial charge on any atom is 0.331 e. The molecule has 0 heterocycles. The van der Waals surface area contributed by atoms with Crippen molar-refractivity contribution in [2.45, 2.75) is 46.2 Å². The maximum atomic E-state index is 11.8. The van der Waals surface area contributed by atoms with Gasteiger partial charge in [0, 0.05) is 17.7 Å². The van der Waals surface area contributed by atoms with E-state index in [1.54, 1.807) is 0 Å². The Morgan fingerprint density at radius 3 is 2.09 bits per heavy atom. The fraction of sp³-hybridized carbons (Fsp3) is 0.667. The summed E-state index contributed by atoms with van der Waals surface area (Å²) in [5.74, 6) is -1.24. The summed E-state index contributed by atoms with van der Waals surface area (Å²) in [6, 6.07) is -0.662. The third-order valence-electron chi connectivity index (χ3n) is 2.57. The first-order valence-corrected chi connectivity index (χ1v) is 7.06. The second-order valence-electron chi connectivity index (χ2n) is 6.19. The van der Waals surface area contributed by atoms with Crippen molar-refractivity contribution in [1.82, 2.24) is 10.6 Å². The zero-order valence-corrected chi connectivity index (χ0v) is 14.1. The normalized spacial score (nSPS) is 12.9. The number of rotatable bonds is 6. The first kappa shape index (κ1) is 19.9. The lowest BCUT2D eigenvalue weighted by Gasteiger charge is -2.26. The first-order valence-electron chi connectivity index (χ1n) is 7.06. The maximum absolute atomic E-state index is 11.8. The fourth-order valence-electron chi connectivity index (χ4n) is 1.37. The Labute approximate surface area is 131 Å². The van der Waals surface area contributed by atoms with Crippen molar-refractivity contribution in [3.8, 4) is 0 Å². The van der Waals surface area contributed by atoms with Crippen LogP contribution in [-0.4, -0.2) is 43.3 Å². The van der Waals surface area contributed by atoms with Crippen LogP contribution in [0, 0.1) is 5.92 Å². The van der Waals surface area contributed by atoms with Gasteiger partial charge in [0.05, 0.1) is 13.2 Å². The molecule has 1 unspecified atom stereocenters. The molecular formula is C15H26N2O5. The molecule has 0 spiro atoms. The predicted molar refractivity (Wildman–Crippen MR) is 82.2 cm³/mol. The van der Waals surface area contributed by atoms with Crippen molar-refractivity contribution in [2.75, 3.05) is 13.7 Å². The van der Waals surface area contributed by atoms with Crippen LogP contribution >= 0.6 is 0 Å². The topological polar surface area (TPSA) is 93.7 Å². The van der Waals surface area contributed by atoms with Gasteiger partial charge in [0.25, 0.3) is 0 Å².